The lowest BCUT2D eigenvalue weighted by Gasteiger charge is -2.42. The fraction of sp³-hybridized carbons (Fsp3) is 0.909. The number of carbonyl (C=O) groups is 1. The van der Waals surface area contributed by atoms with Gasteiger partial charge in [0.1, 0.15) is 5.60 Å². The Morgan fingerprint density at radius 3 is 2.21 bits per heavy atom. The molecular weight excluding hydrogens is 178 g/mol. The third kappa shape index (κ3) is 3.56. The SMILES string of the molecule is CC1(C)CC(NC(=O)OC(C)(C)C)C1. The van der Waals surface area contributed by atoms with Crippen molar-refractivity contribution >= 4 is 6.09 Å². The van der Waals surface area contributed by atoms with Crippen molar-refractivity contribution in [3.63, 3.8) is 0 Å². The fourth-order valence-electron chi connectivity index (χ4n) is 1.85. The zero-order valence-electron chi connectivity index (χ0n) is 9.81. The van der Waals surface area contributed by atoms with E-state index in [0.29, 0.717) is 11.5 Å². The summed E-state index contributed by atoms with van der Waals surface area (Å²) in [6, 6.07) is 0.305. The van der Waals surface area contributed by atoms with Crippen molar-refractivity contribution in [1.29, 1.82) is 0 Å². The van der Waals surface area contributed by atoms with Crippen molar-refractivity contribution in [2.75, 3.05) is 0 Å². The molecule has 1 N–H and O–H groups in total. The predicted octanol–water partition coefficient (Wildman–Crippen LogP) is 2.70. The van der Waals surface area contributed by atoms with Gasteiger partial charge in [0, 0.05) is 6.04 Å². The molecule has 14 heavy (non-hydrogen) atoms. The smallest absolute Gasteiger partial charge is 0.407 e. The van der Waals surface area contributed by atoms with Crippen LogP contribution in [0.5, 0.6) is 0 Å². The highest BCUT2D eigenvalue weighted by molar-refractivity contribution is 5.68. The van der Waals surface area contributed by atoms with E-state index in [1.165, 1.54) is 0 Å². The molecule has 0 unspecified atom stereocenters. The van der Waals surface area contributed by atoms with Crippen LogP contribution in [0.25, 0.3) is 0 Å². The van der Waals surface area contributed by atoms with Crippen molar-refractivity contribution in [1.82, 2.24) is 5.32 Å². The van der Waals surface area contributed by atoms with Crippen LogP contribution in [0.1, 0.15) is 47.5 Å². The highest BCUT2D eigenvalue weighted by Crippen LogP contribution is 2.39. The highest BCUT2D eigenvalue weighted by Gasteiger charge is 2.37. The van der Waals surface area contributed by atoms with Gasteiger partial charge >= 0.3 is 6.09 Å². The molecular formula is C11H21NO2. The maximum absolute atomic E-state index is 11.3. The van der Waals surface area contributed by atoms with Crippen LogP contribution in [0.3, 0.4) is 0 Å². The van der Waals surface area contributed by atoms with Gasteiger partial charge in [0.15, 0.2) is 0 Å². The summed E-state index contributed by atoms with van der Waals surface area (Å²) in [5, 5.41) is 2.87. The monoisotopic (exact) mass is 199 g/mol. The normalized spacial score (nSPS) is 21.2. The van der Waals surface area contributed by atoms with Crippen LogP contribution in [-0.2, 0) is 4.74 Å². The van der Waals surface area contributed by atoms with E-state index in [0.717, 1.165) is 12.8 Å². The first-order valence-electron chi connectivity index (χ1n) is 5.17. The van der Waals surface area contributed by atoms with Gasteiger partial charge in [-0.05, 0) is 39.0 Å². The molecule has 0 aromatic carbocycles. The summed E-state index contributed by atoms with van der Waals surface area (Å²) >= 11 is 0. The molecule has 1 aliphatic carbocycles. The first-order valence-corrected chi connectivity index (χ1v) is 5.17. The number of hydrogen-bond acceptors (Lipinski definition) is 2. The van der Waals surface area contributed by atoms with E-state index in [1.54, 1.807) is 0 Å². The van der Waals surface area contributed by atoms with Gasteiger partial charge in [-0.3, -0.25) is 0 Å². The van der Waals surface area contributed by atoms with E-state index in [4.69, 9.17) is 4.74 Å². The van der Waals surface area contributed by atoms with Crippen molar-refractivity contribution in [2.24, 2.45) is 5.41 Å². The number of alkyl carbamates (subject to hydrolysis) is 1. The van der Waals surface area contributed by atoms with Crippen LogP contribution in [0.2, 0.25) is 0 Å². The molecule has 1 fully saturated rings. The second-order valence-electron chi connectivity index (χ2n) is 5.92. The average molecular weight is 199 g/mol. The molecule has 1 aliphatic rings. The van der Waals surface area contributed by atoms with E-state index >= 15 is 0 Å². The number of ether oxygens (including phenoxy) is 1. The number of hydrogen-bond donors (Lipinski definition) is 1. The molecule has 0 aromatic rings. The van der Waals surface area contributed by atoms with Crippen LogP contribution in [0, 0.1) is 5.41 Å². The molecule has 0 radical (unpaired) electrons. The third-order valence-electron chi connectivity index (χ3n) is 2.32. The predicted molar refractivity (Wildman–Crippen MR) is 56.2 cm³/mol. The third-order valence-corrected chi connectivity index (χ3v) is 2.32. The first-order chi connectivity index (χ1) is 6.18. The standard InChI is InChI=1S/C11H21NO2/c1-10(2,3)14-9(13)12-8-6-11(4,5)7-8/h8H,6-7H2,1-5H3,(H,12,13). The van der Waals surface area contributed by atoms with Crippen molar-refractivity contribution in [3.8, 4) is 0 Å². The molecule has 0 heterocycles. The molecule has 0 bridgehead atoms. The molecule has 0 aliphatic heterocycles. The second-order valence-corrected chi connectivity index (χ2v) is 5.92. The highest BCUT2D eigenvalue weighted by atomic mass is 16.6. The Morgan fingerprint density at radius 2 is 1.86 bits per heavy atom. The van der Waals surface area contributed by atoms with Gasteiger partial charge in [-0.25, -0.2) is 4.79 Å². The minimum Gasteiger partial charge on any atom is -0.444 e. The molecule has 3 heteroatoms. The first kappa shape index (κ1) is 11.3. The molecule has 0 saturated heterocycles. The van der Waals surface area contributed by atoms with Gasteiger partial charge in [0.2, 0.25) is 0 Å². The Labute approximate surface area is 86.2 Å². The quantitative estimate of drug-likeness (QED) is 0.705. The summed E-state index contributed by atoms with van der Waals surface area (Å²) < 4.78 is 5.16. The Bertz CT molecular complexity index is 220. The van der Waals surface area contributed by atoms with Gasteiger partial charge in [-0.1, -0.05) is 13.8 Å². The summed E-state index contributed by atoms with van der Waals surface area (Å²) in [6.07, 6.45) is 1.80. The zero-order chi connectivity index (χ0) is 11.0. The van der Waals surface area contributed by atoms with Crippen LogP contribution in [0.4, 0.5) is 4.79 Å². The minimum absolute atomic E-state index is 0.294. The van der Waals surface area contributed by atoms with Gasteiger partial charge in [-0.15, -0.1) is 0 Å². The summed E-state index contributed by atoms with van der Waals surface area (Å²) in [6.45, 7) is 10.0. The number of amides is 1. The topological polar surface area (TPSA) is 38.3 Å². The Kier molecular flexibility index (Phi) is 2.79. The maximum atomic E-state index is 11.3. The Balaban J connectivity index is 2.24. The zero-order valence-corrected chi connectivity index (χ0v) is 9.81. The van der Waals surface area contributed by atoms with E-state index in [2.05, 4.69) is 19.2 Å². The molecule has 0 atom stereocenters. The fourth-order valence-corrected chi connectivity index (χ4v) is 1.85. The number of carbonyl (C=O) groups excluding carboxylic acids is 1. The molecule has 3 nitrogen and oxygen atoms in total. The van der Waals surface area contributed by atoms with E-state index < -0.39 is 5.60 Å². The van der Waals surface area contributed by atoms with Crippen LogP contribution >= 0.6 is 0 Å². The van der Waals surface area contributed by atoms with Crippen molar-refractivity contribution in [3.05, 3.63) is 0 Å². The molecule has 1 rings (SSSR count). The lowest BCUT2D eigenvalue weighted by molar-refractivity contribution is 0.0391. The van der Waals surface area contributed by atoms with Crippen LogP contribution < -0.4 is 5.32 Å². The van der Waals surface area contributed by atoms with Gasteiger partial charge in [0.25, 0.3) is 0 Å². The average Bonchev–Trinajstić information content (AvgIpc) is 1.76. The maximum Gasteiger partial charge on any atom is 0.407 e. The van der Waals surface area contributed by atoms with Crippen molar-refractivity contribution in [2.45, 2.75) is 59.1 Å². The van der Waals surface area contributed by atoms with Gasteiger partial charge in [0.05, 0.1) is 0 Å². The summed E-state index contributed by atoms with van der Waals surface area (Å²) in [5.74, 6) is 0. The van der Waals surface area contributed by atoms with E-state index in [1.807, 2.05) is 20.8 Å². The largest absolute Gasteiger partial charge is 0.444 e. The second kappa shape index (κ2) is 3.44. The molecule has 0 aromatic heterocycles. The molecule has 82 valence electrons. The minimum atomic E-state index is -0.399. The van der Waals surface area contributed by atoms with Crippen LogP contribution in [0.15, 0.2) is 0 Å². The molecule has 1 amide bonds. The molecule has 1 saturated carbocycles. The summed E-state index contributed by atoms with van der Waals surface area (Å²) in [7, 11) is 0. The number of rotatable bonds is 1. The Morgan fingerprint density at radius 1 is 1.36 bits per heavy atom. The van der Waals surface area contributed by atoms with Gasteiger partial charge < -0.3 is 10.1 Å². The van der Waals surface area contributed by atoms with E-state index in [-0.39, 0.29) is 6.09 Å². The lowest BCUT2D eigenvalue weighted by Crippen LogP contribution is -2.49. The Hall–Kier alpha value is -0.730. The lowest BCUT2D eigenvalue weighted by atomic mass is 9.68. The van der Waals surface area contributed by atoms with E-state index in [9.17, 15) is 4.79 Å². The van der Waals surface area contributed by atoms with Crippen molar-refractivity contribution < 1.29 is 9.53 Å². The summed E-state index contributed by atoms with van der Waals surface area (Å²) in [4.78, 5) is 11.3. The summed E-state index contributed by atoms with van der Waals surface area (Å²) in [5.41, 5.74) is -0.0109. The van der Waals surface area contributed by atoms with Gasteiger partial charge in [-0.2, -0.15) is 0 Å². The molecule has 0 spiro atoms. The number of nitrogens with one attached hydrogen (secondary N) is 1. The van der Waals surface area contributed by atoms with Crippen LogP contribution in [-0.4, -0.2) is 17.7 Å².